The summed E-state index contributed by atoms with van der Waals surface area (Å²) in [6, 6.07) is 7.52. The van der Waals surface area contributed by atoms with Crippen molar-refractivity contribution in [3.63, 3.8) is 0 Å². The normalized spacial score (nSPS) is 10.1. The minimum atomic E-state index is 0.328. The van der Waals surface area contributed by atoms with Crippen molar-refractivity contribution in [1.82, 2.24) is 9.97 Å². The second-order valence-corrected chi connectivity index (χ2v) is 3.89. The number of halogens is 1. The van der Waals surface area contributed by atoms with Crippen molar-refractivity contribution in [3.05, 3.63) is 47.5 Å². The van der Waals surface area contributed by atoms with Crippen molar-refractivity contribution < 1.29 is 9.47 Å². The van der Waals surface area contributed by atoms with Crippen molar-refractivity contribution >= 4 is 11.6 Å². The van der Waals surface area contributed by atoms with Crippen LogP contribution in [0.15, 0.2) is 36.7 Å². The molecule has 0 spiro atoms. The van der Waals surface area contributed by atoms with E-state index >= 15 is 0 Å². The van der Waals surface area contributed by atoms with Gasteiger partial charge < -0.3 is 9.47 Å². The summed E-state index contributed by atoms with van der Waals surface area (Å²) >= 11 is 5.66. The average molecular weight is 265 g/mol. The Kier molecular flexibility index (Phi) is 4.36. The molecule has 0 N–H and O–H groups in total. The summed E-state index contributed by atoms with van der Waals surface area (Å²) in [7, 11) is 0. The van der Waals surface area contributed by atoms with Gasteiger partial charge in [0.15, 0.2) is 11.5 Å². The highest BCUT2D eigenvalue weighted by Gasteiger charge is 2.04. The highest BCUT2D eigenvalue weighted by molar-refractivity contribution is 6.29. The minimum absolute atomic E-state index is 0.328. The van der Waals surface area contributed by atoms with Gasteiger partial charge in [0.2, 0.25) is 0 Å². The summed E-state index contributed by atoms with van der Waals surface area (Å²) in [5.74, 6) is 1.41. The first kappa shape index (κ1) is 12.6. The van der Waals surface area contributed by atoms with Crippen molar-refractivity contribution in [2.45, 2.75) is 13.5 Å². The summed E-state index contributed by atoms with van der Waals surface area (Å²) in [4.78, 5) is 8.05. The van der Waals surface area contributed by atoms with Crippen LogP contribution in [0.1, 0.15) is 12.6 Å². The molecule has 0 amide bonds. The van der Waals surface area contributed by atoms with E-state index in [1.165, 1.54) is 6.20 Å². The van der Waals surface area contributed by atoms with Gasteiger partial charge in [-0.2, -0.15) is 0 Å². The molecule has 0 unspecified atom stereocenters. The fraction of sp³-hybridized carbons (Fsp3) is 0.231. The molecule has 18 heavy (non-hydrogen) atoms. The van der Waals surface area contributed by atoms with Crippen LogP contribution >= 0.6 is 11.6 Å². The summed E-state index contributed by atoms with van der Waals surface area (Å²) in [5.41, 5.74) is 0.714. The van der Waals surface area contributed by atoms with Crippen LogP contribution in [0, 0.1) is 0 Å². The molecule has 0 atom stereocenters. The van der Waals surface area contributed by atoms with Crippen LogP contribution in [0.4, 0.5) is 0 Å². The number of nitrogens with zero attached hydrogens (tertiary/aromatic N) is 2. The molecule has 0 radical (unpaired) electrons. The zero-order chi connectivity index (χ0) is 12.8. The van der Waals surface area contributed by atoms with Gasteiger partial charge in [0.25, 0.3) is 0 Å². The average Bonchev–Trinajstić information content (AvgIpc) is 2.40. The van der Waals surface area contributed by atoms with Gasteiger partial charge in [-0.1, -0.05) is 23.7 Å². The van der Waals surface area contributed by atoms with Crippen molar-refractivity contribution in [3.8, 4) is 11.5 Å². The van der Waals surface area contributed by atoms with E-state index in [2.05, 4.69) is 9.97 Å². The maximum absolute atomic E-state index is 5.66. The molecule has 1 aromatic carbocycles. The van der Waals surface area contributed by atoms with E-state index in [0.717, 1.165) is 5.75 Å². The Balaban J connectivity index is 2.03. The van der Waals surface area contributed by atoms with Crippen LogP contribution in [0.2, 0.25) is 5.15 Å². The van der Waals surface area contributed by atoms with E-state index in [1.54, 1.807) is 6.20 Å². The molecular weight excluding hydrogens is 252 g/mol. The third-order valence-electron chi connectivity index (χ3n) is 2.20. The van der Waals surface area contributed by atoms with Gasteiger partial charge in [0.1, 0.15) is 11.8 Å². The predicted octanol–water partition coefficient (Wildman–Crippen LogP) is 3.11. The standard InChI is InChI=1S/C13H13ClN2O2/c1-2-17-11-5-3-4-6-12(11)18-9-10-7-16-13(14)8-15-10/h3-8H,2,9H2,1H3. The van der Waals surface area contributed by atoms with Crippen molar-refractivity contribution in [2.24, 2.45) is 0 Å². The summed E-state index contributed by atoms with van der Waals surface area (Å²) in [5, 5.41) is 0.369. The van der Waals surface area contributed by atoms with Crippen LogP contribution in [-0.4, -0.2) is 16.6 Å². The molecule has 0 aliphatic rings. The molecule has 2 aromatic rings. The van der Waals surface area contributed by atoms with Crippen molar-refractivity contribution in [1.29, 1.82) is 0 Å². The van der Waals surface area contributed by atoms with E-state index in [4.69, 9.17) is 21.1 Å². The number of rotatable bonds is 5. The first-order valence-corrected chi connectivity index (χ1v) is 5.98. The lowest BCUT2D eigenvalue weighted by Gasteiger charge is -2.10. The number of hydrogen-bond acceptors (Lipinski definition) is 4. The molecular formula is C13H13ClN2O2. The number of ether oxygens (including phenoxy) is 2. The smallest absolute Gasteiger partial charge is 0.161 e. The predicted molar refractivity (Wildman–Crippen MR) is 69.0 cm³/mol. The van der Waals surface area contributed by atoms with E-state index in [1.807, 2.05) is 31.2 Å². The van der Waals surface area contributed by atoms with E-state index in [-0.39, 0.29) is 0 Å². The van der Waals surface area contributed by atoms with Gasteiger partial charge in [0.05, 0.1) is 24.7 Å². The molecule has 0 fully saturated rings. The van der Waals surface area contributed by atoms with Gasteiger partial charge >= 0.3 is 0 Å². The largest absolute Gasteiger partial charge is 0.490 e. The molecule has 0 aliphatic carbocycles. The zero-order valence-electron chi connectivity index (χ0n) is 9.97. The van der Waals surface area contributed by atoms with E-state index < -0.39 is 0 Å². The highest BCUT2D eigenvalue weighted by atomic mass is 35.5. The van der Waals surface area contributed by atoms with Gasteiger partial charge in [0, 0.05) is 0 Å². The molecule has 4 nitrogen and oxygen atoms in total. The lowest BCUT2D eigenvalue weighted by molar-refractivity contribution is 0.266. The number of para-hydroxylation sites is 2. The van der Waals surface area contributed by atoms with Gasteiger partial charge in [-0.15, -0.1) is 0 Å². The SMILES string of the molecule is CCOc1ccccc1OCc1cnc(Cl)cn1. The molecule has 5 heteroatoms. The maximum Gasteiger partial charge on any atom is 0.161 e. The maximum atomic E-state index is 5.66. The minimum Gasteiger partial charge on any atom is -0.490 e. The molecule has 0 aliphatic heterocycles. The van der Waals surface area contributed by atoms with Crippen LogP contribution in [0.25, 0.3) is 0 Å². The summed E-state index contributed by atoms with van der Waals surface area (Å²) in [6.07, 6.45) is 3.08. The Morgan fingerprint density at radius 3 is 2.39 bits per heavy atom. The molecule has 0 saturated carbocycles. The van der Waals surface area contributed by atoms with E-state index in [0.29, 0.717) is 29.8 Å². The second kappa shape index (κ2) is 6.21. The topological polar surface area (TPSA) is 44.2 Å². The van der Waals surface area contributed by atoms with Gasteiger partial charge in [-0.3, -0.25) is 4.98 Å². The van der Waals surface area contributed by atoms with Gasteiger partial charge in [-0.05, 0) is 19.1 Å². The second-order valence-electron chi connectivity index (χ2n) is 3.50. The third kappa shape index (κ3) is 3.34. The molecule has 94 valence electrons. The third-order valence-corrected chi connectivity index (χ3v) is 2.39. The first-order valence-electron chi connectivity index (χ1n) is 5.60. The number of aromatic nitrogens is 2. The fourth-order valence-electron chi connectivity index (χ4n) is 1.41. The van der Waals surface area contributed by atoms with Crippen LogP contribution in [-0.2, 0) is 6.61 Å². The lowest BCUT2D eigenvalue weighted by Crippen LogP contribution is -2.01. The van der Waals surface area contributed by atoms with Gasteiger partial charge in [-0.25, -0.2) is 4.98 Å². The molecule has 1 heterocycles. The van der Waals surface area contributed by atoms with Crippen molar-refractivity contribution in [2.75, 3.05) is 6.61 Å². The molecule has 0 bridgehead atoms. The van der Waals surface area contributed by atoms with E-state index in [9.17, 15) is 0 Å². The monoisotopic (exact) mass is 264 g/mol. The Labute approximate surface area is 111 Å². The fourth-order valence-corrected chi connectivity index (χ4v) is 1.51. The Hall–Kier alpha value is -1.81. The number of hydrogen-bond donors (Lipinski definition) is 0. The zero-order valence-corrected chi connectivity index (χ0v) is 10.7. The molecule has 2 rings (SSSR count). The Bertz CT molecular complexity index is 503. The van der Waals surface area contributed by atoms with Crippen LogP contribution < -0.4 is 9.47 Å². The summed E-state index contributed by atoms with van der Waals surface area (Å²) < 4.78 is 11.1. The van der Waals surface area contributed by atoms with Crippen LogP contribution in [0.3, 0.4) is 0 Å². The Morgan fingerprint density at radius 2 is 1.78 bits per heavy atom. The lowest BCUT2D eigenvalue weighted by atomic mass is 10.3. The van der Waals surface area contributed by atoms with Crippen LogP contribution in [0.5, 0.6) is 11.5 Å². The quantitative estimate of drug-likeness (QED) is 0.832. The summed E-state index contributed by atoms with van der Waals surface area (Å²) in [6.45, 7) is 2.86. The Morgan fingerprint density at radius 1 is 1.06 bits per heavy atom. The highest BCUT2D eigenvalue weighted by Crippen LogP contribution is 2.26. The number of benzene rings is 1. The molecule has 0 saturated heterocycles. The first-order chi connectivity index (χ1) is 8.79. The molecule has 1 aromatic heterocycles.